The minimum absolute atomic E-state index is 0.129. The number of carboxylic acids is 1. The Morgan fingerprint density at radius 2 is 1.77 bits per heavy atom. The van der Waals surface area contributed by atoms with Crippen molar-refractivity contribution in [2.45, 2.75) is 52.8 Å². The van der Waals surface area contributed by atoms with Gasteiger partial charge in [-0.2, -0.15) is 0 Å². The highest BCUT2D eigenvalue weighted by atomic mass is 19.1. The minimum atomic E-state index is -1.50. The summed E-state index contributed by atoms with van der Waals surface area (Å²) in [4.78, 5) is 24.3. The van der Waals surface area contributed by atoms with Crippen LogP contribution in [0.1, 0.15) is 49.1 Å². The number of carboxylic acid groups (broad SMARTS) is 1. The predicted octanol–water partition coefficient (Wildman–Crippen LogP) is 4.55. The number of amides is 1. The average Bonchev–Trinajstić information content (AvgIpc) is 2.66. The topological polar surface area (TPSA) is 75.6 Å². The number of benzene rings is 2. The van der Waals surface area contributed by atoms with E-state index >= 15 is 0 Å². The van der Waals surface area contributed by atoms with Crippen molar-refractivity contribution in [3.8, 4) is 5.75 Å². The molecule has 2 aromatic rings. The van der Waals surface area contributed by atoms with Gasteiger partial charge < -0.3 is 15.2 Å². The van der Waals surface area contributed by atoms with Crippen LogP contribution < -0.4 is 10.1 Å². The molecular formula is C24H30FNO4. The SMILES string of the molecule is Cc1ccc(CC(=O)N[C@H](c2ccc(C)c(OCC(C)(C)F)c2)[C@@H](C)C(=O)O)cc1. The highest BCUT2D eigenvalue weighted by Crippen LogP contribution is 2.29. The Hall–Kier alpha value is -2.89. The Morgan fingerprint density at radius 3 is 2.33 bits per heavy atom. The molecule has 2 aromatic carbocycles. The third kappa shape index (κ3) is 6.87. The van der Waals surface area contributed by atoms with Crippen LogP contribution in [0.4, 0.5) is 4.39 Å². The third-order valence-corrected chi connectivity index (χ3v) is 4.83. The second-order valence-corrected chi connectivity index (χ2v) is 8.37. The van der Waals surface area contributed by atoms with Gasteiger partial charge in [-0.3, -0.25) is 9.59 Å². The summed E-state index contributed by atoms with van der Waals surface area (Å²) < 4.78 is 19.5. The fourth-order valence-corrected chi connectivity index (χ4v) is 2.97. The Labute approximate surface area is 177 Å². The van der Waals surface area contributed by atoms with E-state index in [1.807, 2.05) is 38.1 Å². The predicted molar refractivity (Wildman–Crippen MR) is 114 cm³/mol. The summed E-state index contributed by atoms with van der Waals surface area (Å²) >= 11 is 0. The van der Waals surface area contributed by atoms with Crippen molar-refractivity contribution in [1.29, 1.82) is 0 Å². The fourth-order valence-electron chi connectivity index (χ4n) is 2.97. The number of hydrogen-bond donors (Lipinski definition) is 2. The van der Waals surface area contributed by atoms with Crippen LogP contribution in [0.3, 0.4) is 0 Å². The van der Waals surface area contributed by atoms with Crippen LogP contribution in [-0.2, 0) is 16.0 Å². The Bertz CT molecular complexity index is 887. The molecule has 6 heteroatoms. The van der Waals surface area contributed by atoms with Crippen LogP contribution in [0, 0.1) is 19.8 Å². The molecule has 0 aromatic heterocycles. The van der Waals surface area contributed by atoms with Gasteiger partial charge in [0.2, 0.25) is 5.91 Å². The second-order valence-electron chi connectivity index (χ2n) is 8.37. The van der Waals surface area contributed by atoms with Crippen LogP contribution in [0.25, 0.3) is 0 Å². The first kappa shape index (κ1) is 23.4. The van der Waals surface area contributed by atoms with Gasteiger partial charge in [-0.1, -0.05) is 42.0 Å². The number of hydrogen-bond acceptors (Lipinski definition) is 3. The summed E-state index contributed by atoms with van der Waals surface area (Å²) in [6.07, 6.45) is 0.147. The monoisotopic (exact) mass is 415 g/mol. The molecule has 2 rings (SSSR count). The smallest absolute Gasteiger partial charge is 0.308 e. The van der Waals surface area contributed by atoms with Crippen molar-refractivity contribution in [2.24, 2.45) is 5.92 Å². The molecule has 5 nitrogen and oxygen atoms in total. The number of rotatable bonds is 9. The molecule has 0 radical (unpaired) electrons. The molecule has 0 aliphatic carbocycles. The van der Waals surface area contributed by atoms with Crippen LogP contribution in [-0.4, -0.2) is 29.3 Å². The number of ether oxygens (including phenoxy) is 1. The van der Waals surface area contributed by atoms with E-state index in [2.05, 4.69) is 5.32 Å². The number of carbonyl (C=O) groups is 2. The second kappa shape index (κ2) is 9.74. The largest absolute Gasteiger partial charge is 0.490 e. The van der Waals surface area contributed by atoms with E-state index in [1.165, 1.54) is 13.8 Å². The minimum Gasteiger partial charge on any atom is -0.490 e. The lowest BCUT2D eigenvalue weighted by Crippen LogP contribution is -2.36. The summed E-state index contributed by atoms with van der Waals surface area (Å²) in [6.45, 7) is 8.06. The number of alkyl halides is 1. The van der Waals surface area contributed by atoms with Crippen molar-refractivity contribution < 1.29 is 23.8 Å². The van der Waals surface area contributed by atoms with E-state index in [4.69, 9.17) is 4.74 Å². The number of aliphatic carboxylic acids is 1. The zero-order valence-corrected chi connectivity index (χ0v) is 18.2. The van der Waals surface area contributed by atoms with Crippen molar-refractivity contribution >= 4 is 11.9 Å². The normalized spacial score (nSPS) is 13.4. The lowest BCUT2D eigenvalue weighted by atomic mass is 9.93. The van der Waals surface area contributed by atoms with E-state index in [9.17, 15) is 19.1 Å². The standard InChI is InChI=1S/C24H30FNO4/c1-15-6-9-18(10-7-15)12-21(27)26-22(17(3)23(28)29)19-11-8-16(2)20(13-19)30-14-24(4,5)25/h6-11,13,17,22H,12,14H2,1-5H3,(H,26,27)(H,28,29)/t17-,22+/m1/s1. The highest BCUT2D eigenvalue weighted by molar-refractivity contribution is 5.80. The molecule has 2 atom stereocenters. The summed E-state index contributed by atoms with van der Waals surface area (Å²) in [5.41, 5.74) is 1.84. The molecule has 0 unspecified atom stereocenters. The Morgan fingerprint density at radius 1 is 1.13 bits per heavy atom. The molecule has 0 aliphatic rings. The van der Waals surface area contributed by atoms with Crippen molar-refractivity contribution in [3.05, 3.63) is 64.7 Å². The van der Waals surface area contributed by atoms with E-state index in [-0.39, 0.29) is 18.9 Å². The maximum atomic E-state index is 13.8. The molecule has 1 amide bonds. The first-order chi connectivity index (χ1) is 14.0. The summed E-state index contributed by atoms with van der Waals surface area (Å²) in [7, 11) is 0. The fraction of sp³-hybridized carbons (Fsp3) is 0.417. The molecule has 30 heavy (non-hydrogen) atoms. The van der Waals surface area contributed by atoms with Gasteiger partial charge in [0.05, 0.1) is 18.4 Å². The van der Waals surface area contributed by atoms with Crippen molar-refractivity contribution in [3.63, 3.8) is 0 Å². The van der Waals surface area contributed by atoms with Crippen LogP contribution in [0.5, 0.6) is 5.75 Å². The molecule has 0 heterocycles. The van der Waals surface area contributed by atoms with Gasteiger partial charge in [0.1, 0.15) is 18.0 Å². The molecular weight excluding hydrogens is 385 g/mol. The van der Waals surface area contributed by atoms with Gasteiger partial charge >= 0.3 is 5.97 Å². The molecule has 0 spiro atoms. The van der Waals surface area contributed by atoms with Gasteiger partial charge in [-0.05, 0) is 57.4 Å². The van der Waals surface area contributed by atoms with Crippen molar-refractivity contribution in [1.82, 2.24) is 5.32 Å². The molecule has 0 saturated carbocycles. The molecule has 2 N–H and O–H groups in total. The van der Waals surface area contributed by atoms with Gasteiger partial charge in [0, 0.05) is 0 Å². The van der Waals surface area contributed by atoms with Gasteiger partial charge in [0.15, 0.2) is 0 Å². The quantitative estimate of drug-likeness (QED) is 0.630. The van der Waals surface area contributed by atoms with Gasteiger partial charge in [0.25, 0.3) is 0 Å². The average molecular weight is 416 g/mol. The maximum Gasteiger partial charge on any atom is 0.308 e. The number of halogens is 1. The molecule has 0 aliphatic heterocycles. The third-order valence-electron chi connectivity index (χ3n) is 4.83. The van der Waals surface area contributed by atoms with E-state index in [0.29, 0.717) is 11.3 Å². The summed E-state index contributed by atoms with van der Waals surface area (Å²) in [6, 6.07) is 12.1. The first-order valence-electron chi connectivity index (χ1n) is 9.96. The molecule has 0 fully saturated rings. The van der Waals surface area contributed by atoms with E-state index in [0.717, 1.165) is 16.7 Å². The van der Waals surface area contributed by atoms with Crippen LogP contribution in [0.2, 0.25) is 0 Å². The van der Waals surface area contributed by atoms with Gasteiger partial charge in [-0.25, -0.2) is 4.39 Å². The first-order valence-corrected chi connectivity index (χ1v) is 9.96. The Balaban J connectivity index is 2.24. The van der Waals surface area contributed by atoms with Crippen LogP contribution >= 0.6 is 0 Å². The lowest BCUT2D eigenvalue weighted by Gasteiger charge is -2.24. The lowest BCUT2D eigenvalue weighted by molar-refractivity contribution is -0.142. The highest BCUT2D eigenvalue weighted by Gasteiger charge is 2.28. The van der Waals surface area contributed by atoms with E-state index in [1.54, 1.807) is 25.1 Å². The number of aryl methyl sites for hydroxylation is 2. The summed E-state index contributed by atoms with van der Waals surface area (Å²) in [5, 5.41) is 12.4. The van der Waals surface area contributed by atoms with Gasteiger partial charge in [-0.15, -0.1) is 0 Å². The zero-order chi connectivity index (χ0) is 22.5. The van der Waals surface area contributed by atoms with Crippen molar-refractivity contribution in [2.75, 3.05) is 6.61 Å². The summed E-state index contributed by atoms with van der Waals surface area (Å²) in [5.74, 6) is -1.69. The molecule has 0 saturated heterocycles. The Kier molecular flexibility index (Phi) is 7.59. The number of nitrogens with one attached hydrogen (secondary N) is 1. The molecule has 162 valence electrons. The van der Waals surface area contributed by atoms with Crippen LogP contribution in [0.15, 0.2) is 42.5 Å². The zero-order valence-electron chi connectivity index (χ0n) is 18.2. The number of carbonyl (C=O) groups excluding carboxylic acids is 1. The van der Waals surface area contributed by atoms with E-state index < -0.39 is 23.6 Å². The maximum absolute atomic E-state index is 13.8. The molecule has 0 bridgehead atoms.